The number of fused-ring (bicyclic) bond motifs is 2. The van der Waals surface area contributed by atoms with Crippen LogP contribution in [0.1, 0.15) is 101 Å². The lowest BCUT2D eigenvalue weighted by Crippen LogP contribution is -2.51. The minimum atomic E-state index is -4.63. The van der Waals surface area contributed by atoms with Crippen LogP contribution in [-0.2, 0) is 32.5 Å². The minimum Gasteiger partial charge on any atom is -0.469 e. The van der Waals surface area contributed by atoms with E-state index in [-0.39, 0.29) is 34.8 Å². The van der Waals surface area contributed by atoms with Crippen molar-refractivity contribution in [3.8, 4) is 0 Å². The number of benzene rings is 2. The summed E-state index contributed by atoms with van der Waals surface area (Å²) in [5.41, 5.74) is 2.42. The molecule has 2 aromatic carbocycles. The lowest BCUT2D eigenvalue weighted by Gasteiger charge is -2.46. The minimum absolute atomic E-state index is 0.00880. The SMILES string of the molecule is C=C1CCC(C(=O)OC)(C2CC2C)C1.CC1CC1C1(C(=O)NCc2cc(F)cc(C(F)(F)F)c2)CCC(N2CC[C@@]3(C=Cc4ccccc43)[C@@H](C)C2)C1. The Morgan fingerprint density at radius 1 is 1.00 bits per heavy atom. The molecule has 9 atom stereocenters. The predicted molar refractivity (Wildman–Crippen MR) is 198 cm³/mol. The van der Waals surface area contributed by atoms with Crippen LogP contribution in [0.2, 0.25) is 0 Å². The van der Waals surface area contributed by atoms with Gasteiger partial charge in [0.15, 0.2) is 0 Å². The van der Waals surface area contributed by atoms with E-state index in [4.69, 9.17) is 4.74 Å². The third-order valence-electron chi connectivity index (χ3n) is 14.2. The van der Waals surface area contributed by atoms with Crippen molar-refractivity contribution in [3.05, 3.63) is 88.8 Å². The zero-order valence-electron chi connectivity index (χ0n) is 31.5. The van der Waals surface area contributed by atoms with Crippen molar-refractivity contribution in [2.24, 2.45) is 40.4 Å². The monoisotopic (exact) mass is 734 g/mol. The molecule has 53 heavy (non-hydrogen) atoms. The van der Waals surface area contributed by atoms with Crippen LogP contribution in [0.25, 0.3) is 6.08 Å². The highest BCUT2D eigenvalue weighted by Gasteiger charge is 2.59. The molecule has 0 aromatic heterocycles. The Kier molecular flexibility index (Phi) is 9.99. The fourth-order valence-corrected chi connectivity index (χ4v) is 11.0. The molecule has 4 saturated carbocycles. The molecule has 286 valence electrons. The van der Waals surface area contributed by atoms with E-state index in [2.05, 4.69) is 74.0 Å². The third kappa shape index (κ3) is 7.00. The summed E-state index contributed by atoms with van der Waals surface area (Å²) >= 11 is 0. The van der Waals surface area contributed by atoms with Crippen LogP contribution in [0.15, 0.2) is 60.7 Å². The van der Waals surface area contributed by atoms with Gasteiger partial charge in [-0.1, -0.05) is 69.3 Å². The van der Waals surface area contributed by atoms with Crippen molar-refractivity contribution in [1.29, 1.82) is 0 Å². The number of hydrogen-bond donors (Lipinski definition) is 1. The number of amides is 1. The second-order valence-electron chi connectivity index (χ2n) is 17.4. The third-order valence-corrected chi connectivity index (χ3v) is 14.2. The van der Waals surface area contributed by atoms with Gasteiger partial charge in [-0.15, -0.1) is 0 Å². The smallest absolute Gasteiger partial charge is 0.416 e. The molecule has 5 aliphatic carbocycles. The van der Waals surface area contributed by atoms with Gasteiger partial charge in [-0.25, -0.2) is 4.39 Å². The molecule has 5 fully saturated rings. The van der Waals surface area contributed by atoms with Crippen molar-refractivity contribution < 1.29 is 31.9 Å². The van der Waals surface area contributed by atoms with Gasteiger partial charge in [0.05, 0.1) is 23.5 Å². The predicted octanol–water partition coefficient (Wildman–Crippen LogP) is 9.50. The Morgan fingerprint density at radius 2 is 1.70 bits per heavy atom. The summed E-state index contributed by atoms with van der Waals surface area (Å²) < 4.78 is 58.4. The standard InChI is InChI=1S/C32H36F4N2O.C12H18O2/c1-20-13-28(20)31(29(39)37-18-22-14-24(32(34,35)36)16-25(33)15-22)10-8-26(17-31)38-12-11-30(21(2)19-38)9-7-23-5-3-4-6-27(23)30;1-8-4-5-12(7-8,11(13)14-3)10-6-9(10)2/h3-7,9,14-16,20-21,26,28H,8,10-13,17-19H2,1-2H3,(H,37,39);9-10H,1,4-7H2,2-3H3/t20?,21-,26?,28?,30-,31?;/m0./s1. The number of halogens is 4. The van der Waals surface area contributed by atoms with Crippen molar-refractivity contribution in [2.75, 3.05) is 20.2 Å². The number of ether oxygens (including phenoxy) is 1. The molecule has 7 unspecified atom stereocenters. The van der Waals surface area contributed by atoms with Gasteiger partial charge in [-0.3, -0.25) is 14.5 Å². The number of rotatable bonds is 7. The summed E-state index contributed by atoms with van der Waals surface area (Å²) in [6, 6.07) is 11.5. The summed E-state index contributed by atoms with van der Waals surface area (Å²) in [6.45, 7) is 12.6. The van der Waals surface area contributed by atoms with Gasteiger partial charge >= 0.3 is 12.1 Å². The number of piperidine rings is 1. The van der Waals surface area contributed by atoms with Crippen LogP contribution < -0.4 is 5.32 Å². The molecule has 1 heterocycles. The maximum atomic E-state index is 13.9. The van der Waals surface area contributed by atoms with Gasteiger partial charge in [0.1, 0.15) is 5.82 Å². The number of hydrogen-bond acceptors (Lipinski definition) is 4. The van der Waals surface area contributed by atoms with Crippen LogP contribution in [0.3, 0.4) is 0 Å². The average Bonchev–Trinajstić information content (AvgIpc) is 3.85. The van der Waals surface area contributed by atoms with Gasteiger partial charge in [-0.05, 0) is 129 Å². The zero-order valence-corrected chi connectivity index (χ0v) is 31.5. The molecule has 0 bridgehead atoms. The first-order chi connectivity index (χ1) is 25.1. The average molecular weight is 735 g/mol. The largest absolute Gasteiger partial charge is 0.469 e. The van der Waals surface area contributed by atoms with Crippen LogP contribution in [0, 0.1) is 46.2 Å². The molecule has 1 amide bonds. The topological polar surface area (TPSA) is 58.6 Å². The van der Waals surface area contributed by atoms with Gasteiger partial charge in [0, 0.05) is 24.5 Å². The highest BCUT2D eigenvalue weighted by atomic mass is 19.4. The summed E-state index contributed by atoms with van der Waals surface area (Å²) in [5, 5.41) is 2.91. The summed E-state index contributed by atoms with van der Waals surface area (Å²) in [5.74, 6) is 1.40. The Hall–Kier alpha value is -3.46. The molecule has 1 spiro atoms. The van der Waals surface area contributed by atoms with Gasteiger partial charge < -0.3 is 10.1 Å². The Morgan fingerprint density at radius 3 is 2.32 bits per heavy atom. The number of carbonyl (C=O) groups excluding carboxylic acids is 2. The summed E-state index contributed by atoms with van der Waals surface area (Å²) in [4.78, 5) is 28.1. The van der Waals surface area contributed by atoms with Crippen molar-refractivity contribution in [2.45, 2.75) is 103 Å². The number of esters is 1. The second kappa shape index (κ2) is 14.0. The first-order valence-corrected chi connectivity index (χ1v) is 19.5. The van der Waals surface area contributed by atoms with E-state index in [1.165, 1.54) is 30.2 Å². The Bertz CT molecular complexity index is 1790. The lowest BCUT2D eigenvalue weighted by molar-refractivity contribution is -0.154. The molecular weight excluding hydrogens is 680 g/mol. The van der Waals surface area contributed by atoms with Crippen LogP contribution in [-0.4, -0.2) is 43.0 Å². The lowest BCUT2D eigenvalue weighted by atomic mass is 9.67. The van der Waals surface area contributed by atoms with Crippen LogP contribution in [0.5, 0.6) is 0 Å². The fourth-order valence-electron chi connectivity index (χ4n) is 11.0. The number of likely N-dealkylation sites (tertiary alicyclic amines) is 1. The summed E-state index contributed by atoms with van der Waals surface area (Å²) in [7, 11) is 1.50. The number of allylic oxidation sites excluding steroid dienone is 2. The van der Waals surface area contributed by atoms with Crippen molar-refractivity contribution >= 4 is 18.0 Å². The fraction of sp³-hybridized carbons (Fsp3) is 0.591. The van der Waals surface area contributed by atoms with Crippen molar-refractivity contribution in [3.63, 3.8) is 0 Å². The Balaban J connectivity index is 0.000000260. The van der Waals surface area contributed by atoms with Crippen LogP contribution >= 0.6 is 0 Å². The van der Waals surface area contributed by atoms with E-state index in [1.807, 2.05) is 0 Å². The molecular formula is C44H54F4N2O3. The molecule has 1 N–H and O–H groups in total. The first kappa shape index (κ1) is 37.8. The number of alkyl halides is 3. The maximum Gasteiger partial charge on any atom is 0.416 e. The Labute approximate surface area is 311 Å². The highest BCUT2D eigenvalue weighted by Crippen LogP contribution is 2.61. The zero-order chi connectivity index (χ0) is 37.9. The van der Waals surface area contributed by atoms with E-state index >= 15 is 0 Å². The highest BCUT2D eigenvalue weighted by molar-refractivity contribution is 5.84. The summed E-state index contributed by atoms with van der Waals surface area (Å²) in [6.07, 6.45) is 8.57. The van der Waals surface area contributed by atoms with Gasteiger partial charge in [-0.2, -0.15) is 13.2 Å². The van der Waals surface area contributed by atoms with Gasteiger partial charge in [0.25, 0.3) is 0 Å². The molecule has 5 nitrogen and oxygen atoms in total. The molecule has 1 saturated heterocycles. The first-order valence-electron chi connectivity index (χ1n) is 19.5. The van der Waals surface area contributed by atoms with E-state index in [1.54, 1.807) is 0 Å². The number of carbonyl (C=O) groups is 2. The van der Waals surface area contributed by atoms with Crippen molar-refractivity contribution in [1.82, 2.24) is 10.2 Å². The molecule has 8 rings (SSSR count). The van der Waals surface area contributed by atoms with E-state index < -0.39 is 23.0 Å². The molecule has 1 aliphatic heterocycles. The number of nitrogens with zero attached hydrogens (tertiary/aromatic N) is 1. The number of nitrogens with one attached hydrogen (secondary N) is 1. The van der Waals surface area contributed by atoms with E-state index in [0.717, 1.165) is 76.6 Å². The second-order valence-corrected chi connectivity index (χ2v) is 17.4. The van der Waals surface area contributed by atoms with Gasteiger partial charge in [0.2, 0.25) is 5.91 Å². The van der Waals surface area contributed by atoms with Crippen LogP contribution in [0.4, 0.5) is 17.6 Å². The molecule has 0 radical (unpaired) electrons. The van der Waals surface area contributed by atoms with E-state index in [9.17, 15) is 27.2 Å². The normalized spacial score (nSPS) is 35.8. The molecule has 9 heteroatoms. The number of methoxy groups -OCH3 is 1. The van der Waals surface area contributed by atoms with E-state index in [0.29, 0.717) is 41.7 Å². The molecule has 6 aliphatic rings. The maximum absolute atomic E-state index is 13.9. The molecule has 2 aromatic rings. The quantitative estimate of drug-likeness (QED) is 0.175.